The van der Waals surface area contributed by atoms with E-state index < -0.39 is 0 Å². The van der Waals surface area contributed by atoms with Crippen LogP contribution in [0.2, 0.25) is 0 Å². The molecule has 0 aliphatic heterocycles. The third-order valence-corrected chi connectivity index (χ3v) is 4.11. The predicted octanol–water partition coefficient (Wildman–Crippen LogP) is 2.87. The molecule has 0 fully saturated rings. The lowest BCUT2D eigenvalue weighted by molar-refractivity contribution is 1.44. The third-order valence-electron chi connectivity index (χ3n) is 4.11. The zero-order valence-electron chi connectivity index (χ0n) is 11.9. The van der Waals surface area contributed by atoms with Gasteiger partial charge in [-0.2, -0.15) is 0 Å². The maximum Gasteiger partial charge on any atom is 0.0874 e. The summed E-state index contributed by atoms with van der Waals surface area (Å²) in [6, 6.07) is 22.3. The average molecular weight is 282 g/mol. The average Bonchev–Trinajstić information content (AvgIpc) is 2.56. The Morgan fingerprint density at radius 2 is 1.41 bits per heavy atom. The molecule has 22 heavy (non-hydrogen) atoms. The van der Waals surface area contributed by atoms with Crippen LogP contribution in [0.4, 0.5) is 0 Å². The molecule has 0 heterocycles. The summed E-state index contributed by atoms with van der Waals surface area (Å²) in [5, 5.41) is 20.8. The number of rotatable bonds is 1. The van der Waals surface area contributed by atoms with Crippen molar-refractivity contribution in [2.45, 2.75) is 0 Å². The molecule has 0 atom stereocenters. The number of fused-ring (bicyclic) bond motifs is 2. The van der Waals surface area contributed by atoms with E-state index >= 15 is 0 Å². The molecule has 1 aliphatic carbocycles. The minimum Gasteiger partial charge on any atom is -0.299 e. The maximum atomic E-state index is 8.40. The molecule has 104 valence electrons. The number of nitrogens with one attached hydrogen (secondary N) is 2. The number of hydrogen-bond donors (Lipinski definition) is 2. The molecule has 2 heteroatoms. The lowest BCUT2D eigenvalue weighted by Crippen LogP contribution is -2.37. The SMILES string of the molecule is N=C1C=c2ccccc2=C(c2cccc3ccccc23)C1=N. The summed E-state index contributed by atoms with van der Waals surface area (Å²) in [5.74, 6) is 0. The molecule has 0 unspecified atom stereocenters. The Bertz CT molecular complexity index is 1050. The molecule has 0 bridgehead atoms. The van der Waals surface area contributed by atoms with Gasteiger partial charge < -0.3 is 0 Å². The van der Waals surface area contributed by atoms with Gasteiger partial charge in [0.25, 0.3) is 0 Å². The van der Waals surface area contributed by atoms with Crippen molar-refractivity contribution in [3.05, 3.63) is 82.7 Å². The van der Waals surface area contributed by atoms with Crippen LogP contribution in [0.1, 0.15) is 5.56 Å². The molecule has 0 radical (unpaired) electrons. The summed E-state index contributed by atoms with van der Waals surface area (Å²) >= 11 is 0. The van der Waals surface area contributed by atoms with E-state index in [-0.39, 0.29) is 11.4 Å². The lowest BCUT2D eigenvalue weighted by atomic mass is 9.88. The Labute approximate surface area is 128 Å². The molecule has 2 N–H and O–H groups in total. The van der Waals surface area contributed by atoms with Gasteiger partial charge in [-0.1, -0.05) is 66.7 Å². The van der Waals surface area contributed by atoms with Gasteiger partial charge in [-0.25, -0.2) is 0 Å². The van der Waals surface area contributed by atoms with E-state index in [9.17, 15) is 0 Å². The van der Waals surface area contributed by atoms with Crippen molar-refractivity contribution >= 4 is 33.8 Å². The van der Waals surface area contributed by atoms with Gasteiger partial charge in [0.05, 0.1) is 11.4 Å². The molecule has 2 nitrogen and oxygen atoms in total. The summed E-state index contributed by atoms with van der Waals surface area (Å²) in [6.07, 6.45) is 1.77. The van der Waals surface area contributed by atoms with E-state index in [1.165, 1.54) is 0 Å². The normalized spacial score (nSPS) is 13.9. The van der Waals surface area contributed by atoms with Crippen molar-refractivity contribution in [2.75, 3.05) is 0 Å². The molecule has 0 amide bonds. The predicted molar refractivity (Wildman–Crippen MR) is 92.1 cm³/mol. The van der Waals surface area contributed by atoms with Crippen LogP contribution < -0.4 is 10.4 Å². The molecule has 0 saturated heterocycles. The van der Waals surface area contributed by atoms with E-state index in [0.717, 1.165) is 32.3 Å². The monoisotopic (exact) mass is 282 g/mol. The Morgan fingerprint density at radius 1 is 0.682 bits per heavy atom. The fourth-order valence-corrected chi connectivity index (χ4v) is 3.07. The van der Waals surface area contributed by atoms with Gasteiger partial charge >= 0.3 is 0 Å². The van der Waals surface area contributed by atoms with Gasteiger partial charge in [0.15, 0.2) is 0 Å². The molecule has 3 aromatic carbocycles. The highest BCUT2D eigenvalue weighted by Crippen LogP contribution is 2.25. The number of benzene rings is 3. The quantitative estimate of drug-likeness (QED) is 0.689. The van der Waals surface area contributed by atoms with Crippen LogP contribution >= 0.6 is 0 Å². The van der Waals surface area contributed by atoms with Crippen LogP contribution in [0.3, 0.4) is 0 Å². The fourth-order valence-electron chi connectivity index (χ4n) is 3.07. The van der Waals surface area contributed by atoms with E-state index in [0.29, 0.717) is 0 Å². The van der Waals surface area contributed by atoms with Gasteiger partial charge in [-0.05, 0) is 32.8 Å². The standard InChI is InChI=1S/C20H14N2/c21-18-12-14-7-2-4-10-16(14)19(20(18)22)17-11-5-8-13-6-1-3-9-15(13)17/h1-12,21-22H. The van der Waals surface area contributed by atoms with Crippen molar-refractivity contribution in [3.8, 4) is 0 Å². The van der Waals surface area contributed by atoms with Crippen molar-refractivity contribution in [3.63, 3.8) is 0 Å². The smallest absolute Gasteiger partial charge is 0.0874 e. The Kier molecular flexibility index (Phi) is 2.76. The van der Waals surface area contributed by atoms with Crippen LogP contribution in [0.5, 0.6) is 0 Å². The molecule has 1 aliphatic rings. The van der Waals surface area contributed by atoms with Crippen LogP contribution in [-0.4, -0.2) is 11.4 Å². The van der Waals surface area contributed by atoms with Crippen molar-refractivity contribution < 1.29 is 0 Å². The fraction of sp³-hybridized carbons (Fsp3) is 0. The van der Waals surface area contributed by atoms with E-state index in [4.69, 9.17) is 10.8 Å². The second-order valence-corrected chi connectivity index (χ2v) is 5.42. The minimum atomic E-state index is 0.265. The zero-order valence-corrected chi connectivity index (χ0v) is 11.9. The summed E-state index contributed by atoms with van der Waals surface area (Å²) in [7, 11) is 0. The second kappa shape index (κ2) is 4.78. The molecular formula is C20H14N2. The first-order valence-corrected chi connectivity index (χ1v) is 7.23. The Morgan fingerprint density at radius 3 is 2.32 bits per heavy atom. The summed E-state index contributed by atoms with van der Waals surface area (Å²) < 4.78 is 0. The van der Waals surface area contributed by atoms with Crippen LogP contribution in [0.15, 0.2) is 66.7 Å². The molecule has 0 spiro atoms. The molecule has 3 aromatic rings. The van der Waals surface area contributed by atoms with Gasteiger partial charge in [0, 0.05) is 5.57 Å². The Balaban J connectivity index is 2.20. The topological polar surface area (TPSA) is 47.7 Å². The highest BCUT2D eigenvalue weighted by molar-refractivity contribution is 6.64. The van der Waals surface area contributed by atoms with Gasteiger partial charge in [0.2, 0.25) is 0 Å². The molecular weight excluding hydrogens is 268 g/mol. The zero-order chi connectivity index (χ0) is 15.1. The highest BCUT2D eigenvalue weighted by atomic mass is 14.5. The first kappa shape index (κ1) is 12.7. The van der Waals surface area contributed by atoms with Crippen molar-refractivity contribution in [1.29, 1.82) is 10.8 Å². The minimum absolute atomic E-state index is 0.265. The van der Waals surface area contributed by atoms with Crippen LogP contribution in [0, 0.1) is 10.8 Å². The third kappa shape index (κ3) is 1.81. The van der Waals surface area contributed by atoms with E-state index in [2.05, 4.69) is 18.2 Å². The largest absolute Gasteiger partial charge is 0.299 e. The molecule has 0 aromatic heterocycles. The summed E-state index contributed by atoms with van der Waals surface area (Å²) in [6.45, 7) is 0. The van der Waals surface area contributed by atoms with Crippen molar-refractivity contribution in [1.82, 2.24) is 0 Å². The second-order valence-electron chi connectivity index (χ2n) is 5.42. The summed E-state index contributed by atoms with van der Waals surface area (Å²) in [5.41, 5.74) is 2.42. The first-order valence-electron chi connectivity index (χ1n) is 7.23. The molecule has 0 saturated carbocycles. The number of hydrogen-bond acceptors (Lipinski definition) is 2. The van der Waals surface area contributed by atoms with E-state index in [1.54, 1.807) is 6.08 Å². The van der Waals surface area contributed by atoms with Gasteiger partial charge in [-0.15, -0.1) is 0 Å². The lowest BCUT2D eigenvalue weighted by Gasteiger charge is -2.16. The van der Waals surface area contributed by atoms with Crippen LogP contribution in [-0.2, 0) is 0 Å². The summed E-state index contributed by atoms with van der Waals surface area (Å²) in [4.78, 5) is 0. The van der Waals surface area contributed by atoms with Crippen molar-refractivity contribution in [2.24, 2.45) is 0 Å². The maximum absolute atomic E-state index is 8.40. The first-order chi connectivity index (χ1) is 10.8. The van der Waals surface area contributed by atoms with Crippen LogP contribution in [0.25, 0.3) is 22.4 Å². The highest BCUT2D eigenvalue weighted by Gasteiger charge is 2.18. The molecule has 4 rings (SSSR count). The van der Waals surface area contributed by atoms with Gasteiger partial charge in [-0.3, -0.25) is 10.8 Å². The van der Waals surface area contributed by atoms with E-state index in [1.807, 2.05) is 48.5 Å². The Hall–Kier alpha value is -3.00. The van der Waals surface area contributed by atoms with Gasteiger partial charge in [0.1, 0.15) is 0 Å².